The lowest BCUT2D eigenvalue weighted by molar-refractivity contribution is -0.128. The van der Waals surface area contributed by atoms with Crippen molar-refractivity contribution in [1.82, 2.24) is 13.9 Å². The highest BCUT2D eigenvalue weighted by Crippen LogP contribution is 2.31. The van der Waals surface area contributed by atoms with E-state index in [2.05, 4.69) is 4.98 Å². The Bertz CT molecular complexity index is 595. The van der Waals surface area contributed by atoms with Crippen LogP contribution in [0.4, 0.5) is 0 Å². The number of nitrogens with two attached hydrogens (primary N) is 1. The largest absolute Gasteiger partial charge is 0.369 e. The Morgan fingerprint density at radius 3 is 2.74 bits per heavy atom. The molecule has 0 spiro atoms. The summed E-state index contributed by atoms with van der Waals surface area (Å²) >= 11 is 0. The van der Waals surface area contributed by atoms with Gasteiger partial charge in [0.05, 0.1) is 11.7 Å². The molecule has 1 amide bonds. The summed E-state index contributed by atoms with van der Waals surface area (Å²) in [5.41, 5.74) is 4.56. The lowest BCUT2D eigenvalue weighted by atomic mass is 9.82. The van der Waals surface area contributed by atoms with Crippen LogP contribution in [0.25, 0.3) is 0 Å². The Morgan fingerprint density at radius 1 is 1.53 bits per heavy atom. The number of hydrogen-bond donors (Lipinski definition) is 1. The molecule has 1 fully saturated rings. The number of nitrogens with zero attached hydrogens (tertiary/aromatic N) is 3. The minimum atomic E-state index is -3.65. The van der Waals surface area contributed by atoms with E-state index >= 15 is 0 Å². The number of carbonyl (C=O) groups is 1. The third kappa shape index (κ3) is 2.50. The number of carbonyl (C=O) groups excluding carboxylic acids is 1. The van der Waals surface area contributed by atoms with Crippen molar-refractivity contribution in [3.63, 3.8) is 0 Å². The van der Waals surface area contributed by atoms with Crippen LogP contribution >= 0.6 is 0 Å². The first kappa shape index (κ1) is 14.0. The van der Waals surface area contributed by atoms with Gasteiger partial charge in [0.1, 0.15) is 0 Å². The monoisotopic (exact) mass is 286 g/mol. The van der Waals surface area contributed by atoms with Crippen molar-refractivity contribution in [2.24, 2.45) is 18.2 Å². The smallest absolute Gasteiger partial charge is 0.262 e. The molecule has 1 aromatic heterocycles. The molecule has 0 unspecified atom stereocenters. The van der Waals surface area contributed by atoms with Crippen LogP contribution < -0.4 is 5.73 Å². The van der Waals surface area contributed by atoms with Gasteiger partial charge in [-0.2, -0.15) is 4.31 Å². The second-order valence-electron chi connectivity index (χ2n) is 5.24. The van der Waals surface area contributed by atoms with Gasteiger partial charge in [-0.15, -0.1) is 0 Å². The summed E-state index contributed by atoms with van der Waals surface area (Å²) in [6, 6.07) is 0. The van der Waals surface area contributed by atoms with Crippen molar-refractivity contribution in [2.75, 3.05) is 13.1 Å². The number of rotatable bonds is 3. The van der Waals surface area contributed by atoms with Gasteiger partial charge in [0, 0.05) is 26.3 Å². The molecule has 19 heavy (non-hydrogen) atoms. The minimum absolute atomic E-state index is 0.00344. The first-order valence-corrected chi connectivity index (χ1v) is 7.48. The van der Waals surface area contributed by atoms with E-state index < -0.39 is 21.3 Å². The van der Waals surface area contributed by atoms with E-state index in [-0.39, 0.29) is 11.6 Å². The summed E-state index contributed by atoms with van der Waals surface area (Å²) in [7, 11) is -1.95. The fourth-order valence-corrected chi connectivity index (χ4v) is 3.82. The zero-order valence-electron chi connectivity index (χ0n) is 11.0. The molecule has 1 saturated heterocycles. The summed E-state index contributed by atoms with van der Waals surface area (Å²) in [6.45, 7) is 2.21. The Kier molecular flexibility index (Phi) is 3.40. The molecule has 1 aliphatic heterocycles. The van der Waals surface area contributed by atoms with Crippen molar-refractivity contribution >= 4 is 15.9 Å². The number of primary amides is 1. The highest BCUT2D eigenvalue weighted by molar-refractivity contribution is 7.89. The Labute approximate surface area is 112 Å². The van der Waals surface area contributed by atoms with E-state index in [1.165, 1.54) is 16.8 Å². The predicted molar refractivity (Wildman–Crippen MR) is 68.5 cm³/mol. The van der Waals surface area contributed by atoms with E-state index in [1.54, 1.807) is 18.5 Å². The molecular formula is C11H18N4O3S. The van der Waals surface area contributed by atoms with Gasteiger partial charge >= 0.3 is 0 Å². The third-order valence-corrected chi connectivity index (χ3v) is 5.27. The standard InChI is InChI=1S/C11H18N4O3S/c1-11(10(12)16)4-3-5-15(7-11)19(17,18)9-6-14(2)8-13-9/h6,8H,3-5,7H2,1-2H3,(H2,12,16)/t11-/m1/s1. The first-order chi connectivity index (χ1) is 8.75. The highest BCUT2D eigenvalue weighted by atomic mass is 32.2. The zero-order valence-corrected chi connectivity index (χ0v) is 11.9. The molecule has 0 saturated carbocycles. The summed E-state index contributed by atoms with van der Waals surface area (Å²) in [6.07, 6.45) is 4.11. The average Bonchev–Trinajstić information content (AvgIpc) is 2.76. The van der Waals surface area contributed by atoms with Crippen LogP contribution in [0.1, 0.15) is 19.8 Å². The SMILES string of the molecule is Cn1cnc(S(=O)(=O)N2CCC[C@@](C)(C(N)=O)C2)c1. The third-order valence-electron chi connectivity index (χ3n) is 3.54. The lowest BCUT2D eigenvalue weighted by Crippen LogP contribution is -2.50. The quantitative estimate of drug-likeness (QED) is 0.824. The molecule has 0 bridgehead atoms. The Morgan fingerprint density at radius 2 is 2.21 bits per heavy atom. The molecule has 106 valence electrons. The number of piperidine rings is 1. The van der Waals surface area contributed by atoms with E-state index in [0.717, 1.165) is 0 Å². The van der Waals surface area contributed by atoms with Crippen molar-refractivity contribution < 1.29 is 13.2 Å². The van der Waals surface area contributed by atoms with Crippen LogP contribution in [-0.2, 0) is 21.9 Å². The summed E-state index contributed by atoms with van der Waals surface area (Å²) < 4.78 is 27.7. The van der Waals surface area contributed by atoms with E-state index in [9.17, 15) is 13.2 Å². The van der Waals surface area contributed by atoms with E-state index in [1.807, 2.05) is 0 Å². The van der Waals surface area contributed by atoms with Gasteiger partial charge < -0.3 is 10.3 Å². The maximum Gasteiger partial charge on any atom is 0.262 e. The van der Waals surface area contributed by atoms with Crippen LogP contribution in [0.2, 0.25) is 0 Å². The minimum Gasteiger partial charge on any atom is -0.369 e. The molecular weight excluding hydrogens is 268 g/mol. The van der Waals surface area contributed by atoms with Crippen LogP contribution in [0.15, 0.2) is 17.6 Å². The number of amides is 1. The van der Waals surface area contributed by atoms with Crippen molar-refractivity contribution in [2.45, 2.75) is 24.8 Å². The number of sulfonamides is 1. The molecule has 7 nitrogen and oxygen atoms in total. The predicted octanol–water partition coefficient (Wildman–Crippen LogP) is -0.304. The lowest BCUT2D eigenvalue weighted by Gasteiger charge is -2.36. The normalized spacial score (nSPS) is 25.4. The van der Waals surface area contributed by atoms with Crippen LogP contribution in [0, 0.1) is 5.41 Å². The van der Waals surface area contributed by atoms with Gasteiger partial charge in [0.25, 0.3) is 10.0 Å². The van der Waals surface area contributed by atoms with Gasteiger partial charge in [-0.05, 0) is 19.8 Å². The zero-order chi connectivity index (χ0) is 14.3. The van der Waals surface area contributed by atoms with Crippen molar-refractivity contribution in [3.05, 3.63) is 12.5 Å². The van der Waals surface area contributed by atoms with E-state index in [4.69, 9.17) is 5.73 Å². The fraction of sp³-hybridized carbons (Fsp3) is 0.636. The number of aryl methyl sites for hydroxylation is 1. The topological polar surface area (TPSA) is 98.3 Å². The average molecular weight is 286 g/mol. The molecule has 0 aromatic carbocycles. The van der Waals surface area contributed by atoms with Gasteiger partial charge in [0.2, 0.25) is 5.91 Å². The number of imidazole rings is 1. The molecule has 1 atom stereocenters. The van der Waals surface area contributed by atoms with Crippen LogP contribution in [0.5, 0.6) is 0 Å². The molecule has 1 aliphatic rings. The molecule has 2 N–H and O–H groups in total. The Balaban J connectivity index is 2.29. The van der Waals surface area contributed by atoms with Crippen LogP contribution in [0.3, 0.4) is 0 Å². The van der Waals surface area contributed by atoms with Crippen LogP contribution in [-0.4, -0.2) is 41.3 Å². The maximum absolute atomic E-state index is 12.4. The van der Waals surface area contributed by atoms with Crippen molar-refractivity contribution in [1.29, 1.82) is 0 Å². The molecule has 8 heteroatoms. The number of hydrogen-bond acceptors (Lipinski definition) is 4. The second kappa shape index (κ2) is 4.61. The molecule has 2 heterocycles. The maximum atomic E-state index is 12.4. The van der Waals surface area contributed by atoms with Gasteiger partial charge in [-0.1, -0.05) is 0 Å². The summed E-state index contributed by atoms with van der Waals surface area (Å²) in [5.74, 6) is -0.464. The first-order valence-electron chi connectivity index (χ1n) is 6.04. The molecule has 0 radical (unpaired) electrons. The van der Waals surface area contributed by atoms with Gasteiger partial charge in [-0.25, -0.2) is 13.4 Å². The van der Waals surface area contributed by atoms with Gasteiger partial charge in [-0.3, -0.25) is 4.79 Å². The second-order valence-corrected chi connectivity index (χ2v) is 7.13. The molecule has 1 aromatic rings. The summed E-state index contributed by atoms with van der Waals surface area (Å²) in [4.78, 5) is 15.3. The Hall–Kier alpha value is -1.41. The van der Waals surface area contributed by atoms with Gasteiger partial charge in [0.15, 0.2) is 5.03 Å². The number of aromatic nitrogens is 2. The van der Waals surface area contributed by atoms with Crippen molar-refractivity contribution in [3.8, 4) is 0 Å². The molecule has 0 aliphatic carbocycles. The highest BCUT2D eigenvalue weighted by Gasteiger charge is 2.41. The summed E-state index contributed by atoms with van der Waals surface area (Å²) in [5, 5.41) is 0.00344. The van der Waals surface area contributed by atoms with E-state index in [0.29, 0.717) is 19.4 Å². The molecule has 2 rings (SSSR count). The fourth-order valence-electron chi connectivity index (χ4n) is 2.25.